The van der Waals surface area contributed by atoms with Gasteiger partial charge in [-0.25, -0.2) is 0 Å². The topological polar surface area (TPSA) is 52.7 Å². The number of thioether (sulfide) groups is 1. The average molecular weight is 508 g/mol. The number of benzene rings is 3. The van der Waals surface area contributed by atoms with Crippen LogP contribution in [0.15, 0.2) is 89.8 Å². The van der Waals surface area contributed by atoms with Crippen LogP contribution in [0, 0.1) is 0 Å². The minimum Gasteiger partial charge on any atom is -0.344 e. The molecular formula is C28H30ClN3O2S. The zero-order chi connectivity index (χ0) is 24.6. The molecule has 1 heterocycles. The van der Waals surface area contributed by atoms with Crippen LogP contribution in [0.4, 0.5) is 0 Å². The first-order valence-corrected chi connectivity index (χ1v) is 13.2. The highest BCUT2D eigenvalue weighted by Crippen LogP contribution is 2.29. The molecule has 3 aromatic carbocycles. The fraction of sp³-hybridized carbons (Fsp3) is 0.286. The molecule has 3 aromatic rings. The molecule has 1 unspecified atom stereocenters. The lowest BCUT2D eigenvalue weighted by molar-refractivity contribution is -0.137. The van der Waals surface area contributed by atoms with Gasteiger partial charge < -0.3 is 10.2 Å². The molecular weight excluding hydrogens is 478 g/mol. The molecule has 7 heteroatoms. The minimum absolute atomic E-state index is 0.0303. The zero-order valence-electron chi connectivity index (χ0n) is 19.8. The quantitative estimate of drug-likeness (QED) is 0.442. The van der Waals surface area contributed by atoms with Gasteiger partial charge in [0.15, 0.2) is 0 Å². The predicted octanol–water partition coefficient (Wildman–Crippen LogP) is 4.87. The van der Waals surface area contributed by atoms with Crippen molar-refractivity contribution >= 4 is 35.2 Å². The van der Waals surface area contributed by atoms with Crippen molar-refractivity contribution in [1.29, 1.82) is 0 Å². The van der Waals surface area contributed by atoms with Crippen molar-refractivity contribution in [3.05, 3.63) is 101 Å². The third-order valence-electron chi connectivity index (χ3n) is 6.13. The molecule has 1 atom stereocenters. The first-order valence-electron chi connectivity index (χ1n) is 11.8. The highest BCUT2D eigenvalue weighted by molar-refractivity contribution is 7.99. The van der Waals surface area contributed by atoms with E-state index in [4.69, 9.17) is 11.6 Å². The third kappa shape index (κ3) is 6.88. The van der Waals surface area contributed by atoms with Crippen LogP contribution in [0.1, 0.15) is 24.1 Å². The number of amides is 2. The van der Waals surface area contributed by atoms with Crippen LogP contribution in [0.5, 0.6) is 0 Å². The summed E-state index contributed by atoms with van der Waals surface area (Å²) in [5.74, 6) is 0.237. The highest BCUT2D eigenvalue weighted by Gasteiger charge is 2.31. The number of rotatable bonds is 8. The van der Waals surface area contributed by atoms with Gasteiger partial charge in [-0.05, 0) is 35.4 Å². The summed E-state index contributed by atoms with van der Waals surface area (Å²) >= 11 is 7.52. The van der Waals surface area contributed by atoms with E-state index >= 15 is 0 Å². The number of hydrogen-bond acceptors (Lipinski definition) is 4. The van der Waals surface area contributed by atoms with Crippen molar-refractivity contribution in [2.45, 2.75) is 23.9 Å². The Hall–Kier alpha value is -2.80. The van der Waals surface area contributed by atoms with E-state index in [1.54, 1.807) is 11.8 Å². The Morgan fingerprint density at radius 1 is 0.857 bits per heavy atom. The van der Waals surface area contributed by atoms with Crippen LogP contribution in [0.2, 0.25) is 5.02 Å². The molecule has 0 aliphatic carbocycles. The summed E-state index contributed by atoms with van der Waals surface area (Å²) in [5, 5.41) is 3.53. The SMILES string of the molecule is CC(=O)NC(CSc1ccc(Cl)cc1)C(=O)N1CCN(C(c2ccccc2)c2ccccc2)CC1. The lowest BCUT2D eigenvalue weighted by Crippen LogP contribution is -2.56. The Morgan fingerprint density at radius 3 is 1.91 bits per heavy atom. The molecule has 1 saturated heterocycles. The van der Waals surface area contributed by atoms with Gasteiger partial charge >= 0.3 is 0 Å². The Labute approximate surface area is 216 Å². The summed E-state index contributed by atoms with van der Waals surface area (Å²) in [4.78, 5) is 30.5. The summed E-state index contributed by atoms with van der Waals surface area (Å²) in [6.45, 7) is 4.22. The lowest BCUT2D eigenvalue weighted by Gasteiger charge is -2.40. The molecule has 0 radical (unpaired) electrons. The van der Waals surface area contributed by atoms with Crippen molar-refractivity contribution < 1.29 is 9.59 Å². The number of hydrogen-bond donors (Lipinski definition) is 1. The third-order valence-corrected chi connectivity index (χ3v) is 7.49. The van der Waals surface area contributed by atoms with Crippen molar-refractivity contribution in [1.82, 2.24) is 15.1 Å². The fourth-order valence-electron chi connectivity index (χ4n) is 4.44. The molecule has 4 rings (SSSR count). The minimum atomic E-state index is -0.571. The number of nitrogens with one attached hydrogen (secondary N) is 1. The monoisotopic (exact) mass is 507 g/mol. The first kappa shape index (κ1) is 25.3. The first-order chi connectivity index (χ1) is 17.0. The van der Waals surface area contributed by atoms with Gasteiger partial charge in [-0.2, -0.15) is 0 Å². The van der Waals surface area contributed by atoms with Crippen molar-refractivity contribution in [3.8, 4) is 0 Å². The zero-order valence-corrected chi connectivity index (χ0v) is 21.3. The van der Waals surface area contributed by atoms with Gasteiger partial charge in [-0.1, -0.05) is 72.3 Å². The molecule has 35 heavy (non-hydrogen) atoms. The molecule has 1 aliphatic heterocycles. The van der Waals surface area contributed by atoms with E-state index in [9.17, 15) is 9.59 Å². The molecule has 2 amide bonds. The Balaban J connectivity index is 1.42. The molecule has 0 saturated carbocycles. The van der Waals surface area contributed by atoms with E-state index < -0.39 is 6.04 Å². The molecule has 1 aliphatic rings. The molecule has 0 aromatic heterocycles. The number of nitrogens with zero attached hydrogens (tertiary/aromatic N) is 2. The van der Waals surface area contributed by atoms with E-state index in [2.05, 4.69) is 58.7 Å². The van der Waals surface area contributed by atoms with Gasteiger partial charge in [0.05, 0.1) is 6.04 Å². The van der Waals surface area contributed by atoms with Crippen LogP contribution < -0.4 is 5.32 Å². The van der Waals surface area contributed by atoms with E-state index in [-0.39, 0.29) is 17.9 Å². The molecule has 1 N–H and O–H groups in total. The summed E-state index contributed by atoms with van der Waals surface area (Å²) < 4.78 is 0. The van der Waals surface area contributed by atoms with Gasteiger partial charge in [0.1, 0.15) is 6.04 Å². The summed E-state index contributed by atoms with van der Waals surface area (Å²) in [6.07, 6.45) is 0. The fourth-order valence-corrected chi connectivity index (χ4v) is 5.48. The summed E-state index contributed by atoms with van der Waals surface area (Å²) in [6, 6.07) is 28.1. The van der Waals surface area contributed by atoms with Crippen molar-refractivity contribution in [3.63, 3.8) is 0 Å². The van der Waals surface area contributed by atoms with E-state index in [1.165, 1.54) is 18.1 Å². The molecule has 182 valence electrons. The van der Waals surface area contributed by atoms with Gasteiger partial charge in [0.25, 0.3) is 0 Å². The maximum Gasteiger partial charge on any atom is 0.246 e. The second-order valence-electron chi connectivity index (χ2n) is 8.60. The Bertz CT molecular complexity index is 1060. The number of piperazine rings is 1. The number of halogens is 1. The van der Waals surface area contributed by atoms with Crippen LogP contribution in [0.3, 0.4) is 0 Å². The van der Waals surface area contributed by atoms with Crippen LogP contribution in [-0.4, -0.2) is 59.6 Å². The van der Waals surface area contributed by atoms with Crippen LogP contribution in [0.25, 0.3) is 0 Å². The van der Waals surface area contributed by atoms with Gasteiger partial charge in [-0.3, -0.25) is 14.5 Å². The second kappa shape index (κ2) is 12.2. The number of carbonyl (C=O) groups is 2. The lowest BCUT2D eigenvalue weighted by atomic mass is 9.96. The van der Waals surface area contributed by atoms with E-state index in [0.29, 0.717) is 23.9 Å². The molecule has 1 fully saturated rings. The Morgan fingerprint density at radius 2 is 1.40 bits per heavy atom. The smallest absolute Gasteiger partial charge is 0.246 e. The molecule has 0 bridgehead atoms. The largest absolute Gasteiger partial charge is 0.344 e. The average Bonchev–Trinajstić information content (AvgIpc) is 2.89. The van der Waals surface area contributed by atoms with Gasteiger partial charge in [0, 0.05) is 48.8 Å². The molecule has 5 nitrogen and oxygen atoms in total. The van der Waals surface area contributed by atoms with Gasteiger partial charge in [-0.15, -0.1) is 11.8 Å². The van der Waals surface area contributed by atoms with E-state index in [1.807, 2.05) is 41.3 Å². The summed E-state index contributed by atoms with van der Waals surface area (Å²) in [7, 11) is 0. The molecule has 0 spiro atoms. The summed E-state index contributed by atoms with van der Waals surface area (Å²) in [5.41, 5.74) is 2.49. The Kier molecular flexibility index (Phi) is 8.85. The highest BCUT2D eigenvalue weighted by atomic mass is 35.5. The van der Waals surface area contributed by atoms with E-state index in [0.717, 1.165) is 18.0 Å². The van der Waals surface area contributed by atoms with Crippen molar-refractivity contribution in [2.75, 3.05) is 31.9 Å². The predicted molar refractivity (Wildman–Crippen MR) is 143 cm³/mol. The number of carbonyl (C=O) groups excluding carboxylic acids is 2. The maximum atomic E-state index is 13.4. The normalized spacial score (nSPS) is 15.1. The standard InChI is InChI=1S/C28H30ClN3O2S/c1-21(33)30-26(20-35-25-14-12-24(29)13-15-25)28(34)32-18-16-31(17-19-32)27(22-8-4-2-5-9-22)23-10-6-3-7-11-23/h2-15,26-27H,16-20H2,1H3,(H,30,33). The van der Waals surface area contributed by atoms with Crippen LogP contribution >= 0.6 is 23.4 Å². The van der Waals surface area contributed by atoms with Crippen LogP contribution in [-0.2, 0) is 9.59 Å². The van der Waals surface area contributed by atoms with Gasteiger partial charge in [0.2, 0.25) is 11.8 Å². The second-order valence-corrected chi connectivity index (χ2v) is 10.1. The van der Waals surface area contributed by atoms with Crippen molar-refractivity contribution in [2.24, 2.45) is 0 Å². The maximum absolute atomic E-state index is 13.4.